The van der Waals surface area contributed by atoms with Crippen LogP contribution < -0.4 is 14.8 Å². The minimum absolute atomic E-state index is 0.348. The molecule has 1 aromatic carbocycles. The van der Waals surface area contributed by atoms with Crippen molar-refractivity contribution in [1.82, 2.24) is 15.2 Å². The Kier molecular flexibility index (Phi) is 4.68. The predicted molar refractivity (Wildman–Crippen MR) is 74.2 cm³/mol. The van der Waals surface area contributed by atoms with Crippen LogP contribution in [0.15, 0.2) is 30.5 Å². The zero-order valence-corrected chi connectivity index (χ0v) is 11.2. The van der Waals surface area contributed by atoms with Crippen LogP contribution in [0.5, 0.6) is 11.5 Å². The maximum absolute atomic E-state index is 5.56. The van der Waals surface area contributed by atoms with Gasteiger partial charge in [0.25, 0.3) is 0 Å². The first kappa shape index (κ1) is 13.3. The summed E-state index contributed by atoms with van der Waals surface area (Å²) in [7, 11) is 1.63. The van der Waals surface area contributed by atoms with Crippen molar-refractivity contribution in [3.05, 3.63) is 35.2 Å². The van der Waals surface area contributed by atoms with E-state index in [9.17, 15) is 0 Å². The molecule has 0 saturated heterocycles. The molecule has 2 aromatic rings. The smallest absolute Gasteiger partial charge is 0.215 e. The van der Waals surface area contributed by atoms with Gasteiger partial charge in [0.2, 0.25) is 4.77 Å². The molecule has 0 radical (unpaired) electrons. The Morgan fingerprint density at radius 1 is 1.26 bits per heavy atom. The van der Waals surface area contributed by atoms with Gasteiger partial charge in [-0.25, -0.2) is 4.98 Å². The van der Waals surface area contributed by atoms with Gasteiger partial charge in [0, 0.05) is 0 Å². The van der Waals surface area contributed by atoms with Crippen LogP contribution in [0.2, 0.25) is 0 Å². The molecule has 0 spiro atoms. The number of nitrogens with zero attached hydrogens (tertiary/aromatic N) is 2. The summed E-state index contributed by atoms with van der Waals surface area (Å²) in [6, 6.07) is 7.42. The molecule has 1 heterocycles. The molecule has 0 unspecified atom stereocenters. The second kappa shape index (κ2) is 6.69. The van der Waals surface area contributed by atoms with Crippen molar-refractivity contribution in [3.8, 4) is 11.5 Å². The van der Waals surface area contributed by atoms with E-state index < -0.39 is 0 Å². The Hall–Kier alpha value is -2.15. The lowest BCUT2D eigenvalue weighted by Crippen LogP contribution is -2.12. The summed E-state index contributed by atoms with van der Waals surface area (Å²) in [5.41, 5.74) is 0. The fraction of sp³-hybridized carbons (Fsp3) is 0.250. The van der Waals surface area contributed by atoms with Crippen LogP contribution in [0.1, 0.15) is 0 Å². The highest BCUT2D eigenvalue weighted by Gasteiger charge is 1.96. The number of hydrogen-bond donors (Lipinski definition) is 2. The summed E-state index contributed by atoms with van der Waals surface area (Å²) in [6.07, 6.45) is 1.57. The normalized spacial score (nSPS) is 9.95. The molecule has 0 aliphatic rings. The van der Waals surface area contributed by atoms with E-state index in [4.69, 9.17) is 21.7 Å². The van der Waals surface area contributed by atoms with E-state index in [1.54, 1.807) is 13.3 Å². The van der Waals surface area contributed by atoms with E-state index in [2.05, 4.69) is 20.5 Å². The number of hydrogen-bond acceptors (Lipinski definition) is 6. The minimum Gasteiger partial charge on any atom is -0.497 e. The molecule has 0 atom stereocenters. The lowest BCUT2D eigenvalue weighted by atomic mass is 10.3. The van der Waals surface area contributed by atoms with Crippen molar-refractivity contribution in [1.29, 1.82) is 0 Å². The molecule has 2 rings (SSSR count). The van der Waals surface area contributed by atoms with Gasteiger partial charge < -0.3 is 14.8 Å². The van der Waals surface area contributed by atoms with Crippen molar-refractivity contribution >= 4 is 18.0 Å². The highest BCUT2D eigenvalue weighted by molar-refractivity contribution is 7.71. The van der Waals surface area contributed by atoms with Gasteiger partial charge in [0.1, 0.15) is 23.9 Å². The van der Waals surface area contributed by atoms with Gasteiger partial charge in [-0.3, -0.25) is 5.10 Å². The summed E-state index contributed by atoms with van der Waals surface area (Å²) in [6.45, 7) is 1.12. The van der Waals surface area contributed by atoms with Crippen molar-refractivity contribution in [2.45, 2.75) is 0 Å². The van der Waals surface area contributed by atoms with Crippen LogP contribution in [0.3, 0.4) is 0 Å². The summed E-state index contributed by atoms with van der Waals surface area (Å²) < 4.78 is 11.0. The van der Waals surface area contributed by atoms with Crippen LogP contribution >= 0.6 is 12.2 Å². The molecule has 0 saturated carbocycles. The Labute approximate surface area is 115 Å². The summed E-state index contributed by atoms with van der Waals surface area (Å²) in [4.78, 5) is 4.05. The van der Waals surface area contributed by atoms with E-state index in [-0.39, 0.29) is 0 Å². The largest absolute Gasteiger partial charge is 0.497 e. The molecular weight excluding hydrogens is 264 g/mol. The minimum atomic E-state index is 0.348. The molecule has 0 aliphatic carbocycles. The lowest BCUT2D eigenvalue weighted by molar-refractivity contribution is 0.331. The van der Waals surface area contributed by atoms with E-state index in [1.807, 2.05) is 24.3 Å². The summed E-state index contributed by atoms with van der Waals surface area (Å²) in [5, 5.41) is 9.47. The molecule has 2 N–H and O–H groups in total. The third kappa shape index (κ3) is 4.22. The van der Waals surface area contributed by atoms with Gasteiger partial charge in [-0.05, 0) is 36.5 Å². The van der Waals surface area contributed by atoms with Gasteiger partial charge in [-0.1, -0.05) is 0 Å². The predicted octanol–water partition coefficient (Wildman–Crippen LogP) is 2.03. The van der Waals surface area contributed by atoms with E-state index in [1.165, 1.54) is 0 Å². The fourth-order valence-corrected chi connectivity index (χ4v) is 1.57. The molecule has 1 aromatic heterocycles. The number of methoxy groups -OCH3 is 1. The molecule has 0 aliphatic heterocycles. The fourth-order valence-electron chi connectivity index (χ4n) is 1.42. The molecule has 7 heteroatoms. The van der Waals surface area contributed by atoms with Gasteiger partial charge in [0.15, 0.2) is 0 Å². The average Bonchev–Trinajstić information content (AvgIpc) is 2.44. The second-order valence-electron chi connectivity index (χ2n) is 3.62. The monoisotopic (exact) mass is 278 g/mol. The number of aromatic nitrogens is 3. The highest BCUT2D eigenvalue weighted by Crippen LogP contribution is 2.16. The third-order valence-corrected chi connectivity index (χ3v) is 2.49. The molecule has 19 heavy (non-hydrogen) atoms. The maximum Gasteiger partial charge on any atom is 0.215 e. The number of ether oxygens (including phenoxy) is 2. The maximum atomic E-state index is 5.56. The van der Waals surface area contributed by atoms with Gasteiger partial charge in [-0.2, -0.15) is 5.10 Å². The number of anilines is 1. The first-order valence-corrected chi connectivity index (χ1v) is 6.11. The Balaban J connectivity index is 1.75. The molecule has 0 bridgehead atoms. The zero-order chi connectivity index (χ0) is 13.5. The Bertz CT molecular complexity index is 570. The number of nitrogens with one attached hydrogen (secondary N) is 2. The van der Waals surface area contributed by atoms with Crippen molar-refractivity contribution in [3.63, 3.8) is 0 Å². The van der Waals surface area contributed by atoms with Crippen molar-refractivity contribution < 1.29 is 9.47 Å². The van der Waals surface area contributed by atoms with Crippen molar-refractivity contribution in [2.75, 3.05) is 25.6 Å². The third-order valence-electron chi connectivity index (χ3n) is 2.31. The van der Waals surface area contributed by atoms with Crippen LogP contribution in [-0.4, -0.2) is 35.4 Å². The van der Waals surface area contributed by atoms with Gasteiger partial charge in [-0.15, -0.1) is 0 Å². The van der Waals surface area contributed by atoms with E-state index >= 15 is 0 Å². The summed E-state index contributed by atoms with van der Waals surface area (Å²) in [5.74, 6) is 2.22. The second-order valence-corrected chi connectivity index (χ2v) is 4.01. The standard InChI is InChI=1S/C12H14N4O2S/c1-17-9-2-4-10(5-3-9)18-7-6-13-11-8-14-16-12(19)15-11/h2-5,8H,6-7H2,1H3,(H2,13,15,16,19). The molecule has 6 nitrogen and oxygen atoms in total. The topological polar surface area (TPSA) is 72.1 Å². The van der Waals surface area contributed by atoms with Crippen molar-refractivity contribution in [2.24, 2.45) is 0 Å². The number of aromatic amines is 1. The van der Waals surface area contributed by atoms with Gasteiger partial charge >= 0.3 is 0 Å². The Morgan fingerprint density at radius 3 is 2.68 bits per heavy atom. The lowest BCUT2D eigenvalue weighted by Gasteiger charge is -2.08. The molecule has 0 amide bonds. The number of rotatable bonds is 6. The zero-order valence-electron chi connectivity index (χ0n) is 10.4. The van der Waals surface area contributed by atoms with Crippen LogP contribution in [0.4, 0.5) is 5.82 Å². The molecular formula is C12H14N4O2S. The SMILES string of the molecule is COc1ccc(OCCNc2cn[nH]c(=S)n2)cc1. The molecule has 0 fully saturated rings. The average molecular weight is 278 g/mol. The van der Waals surface area contributed by atoms with Crippen LogP contribution in [0, 0.1) is 4.77 Å². The quantitative estimate of drug-likeness (QED) is 0.622. The van der Waals surface area contributed by atoms with Gasteiger partial charge in [0.05, 0.1) is 19.9 Å². The highest BCUT2D eigenvalue weighted by atomic mass is 32.1. The van der Waals surface area contributed by atoms with E-state index in [0.29, 0.717) is 23.7 Å². The van der Waals surface area contributed by atoms with E-state index in [0.717, 1.165) is 11.5 Å². The molecule has 100 valence electrons. The van der Waals surface area contributed by atoms with Crippen LogP contribution in [-0.2, 0) is 0 Å². The van der Waals surface area contributed by atoms with Crippen LogP contribution in [0.25, 0.3) is 0 Å². The number of benzene rings is 1. The Morgan fingerprint density at radius 2 is 2.00 bits per heavy atom. The summed E-state index contributed by atoms with van der Waals surface area (Å²) >= 11 is 4.87. The number of H-pyrrole nitrogens is 1. The first-order valence-electron chi connectivity index (χ1n) is 5.70. The first-order chi connectivity index (χ1) is 9.28.